The predicted molar refractivity (Wildman–Crippen MR) is 56.2 cm³/mol. The predicted octanol–water partition coefficient (Wildman–Crippen LogP) is 1.68. The van der Waals surface area contributed by atoms with Crippen molar-refractivity contribution in [2.24, 2.45) is 17.8 Å². The minimum absolute atomic E-state index is 0.191. The van der Waals surface area contributed by atoms with E-state index in [9.17, 15) is 4.79 Å². The molecule has 0 aromatic heterocycles. The van der Waals surface area contributed by atoms with E-state index in [1.165, 1.54) is 0 Å². The van der Waals surface area contributed by atoms with E-state index in [0.717, 1.165) is 13.0 Å². The van der Waals surface area contributed by atoms with Crippen LogP contribution in [0.2, 0.25) is 0 Å². The van der Waals surface area contributed by atoms with Gasteiger partial charge in [0.2, 0.25) is 0 Å². The van der Waals surface area contributed by atoms with Gasteiger partial charge in [-0.25, -0.2) is 0 Å². The maximum Gasteiger partial charge on any atom is 0.308 e. The Morgan fingerprint density at radius 1 is 1.50 bits per heavy atom. The molecule has 0 aromatic rings. The molecule has 0 bridgehead atoms. The minimum Gasteiger partial charge on any atom is -0.481 e. The van der Waals surface area contributed by atoms with Gasteiger partial charge < -0.3 is 10.0 Å². The molecule has 3 nitrogen and oxygen atoms in total. The molecule has 0 aromatic carbocycles. The lowest BCUT2D eigenvalue weighted by atomic mass is 9.79. The summed E-state index contributed by atoms with van der Waals surface area (Å²) in [6.07, 6.45) is 0.822. The molecule has 1 aliphatic rings. The van der Waals surface area contributed by atoms with Gasteiger partial charge >= 0.3 is 5.97 Å². The number of carboxylic acid groups (broad SMARTS) is 1. The van der Waals surface area contributed by atoms with Crippen molar-refractivity contribution in [3.8, 4) is 0 Å². The number of likely N-dealkylation sites (tertiary alicyclic amines) is 1. The van der Waals surface area contributed by atoms with Crippen LogP contribution in [0.3, 0.4) is 0 Å². The average Bonchev–Trinajstić information content (AvgIpc) is 2.01. The zero-order valence-electron chi connectivity index (χ0n) is 9.53. The third-order valence-corrected chi connectivity index (χ3v) is 3.18. The molecule has 0 saturated carbocycles. The van der Waals surface area contributed by atoms with E-state index in [0.29, 0.717) is 11.8 Å². The van der Waals surface area contributed by atoms with E-state index in [2.05, 4.69) is 25.7 Å². The molecule has 3 unspecified atom stereocenters. The first-order chi connectivity index (χ1) is 6.43. The van der Waals surface area contributed by atoms with Crippen molar-refractivity contribution in [2.45, 2.75) is 33.2 Å². The van der Waals surface area contributed by atoms with Gasteiger partial charge in [-0.3, -0.25) is 4.79 Å². The van der Waals surface area contributed by atoms with Crippen LogP contribution in [0.15, 0.2) is 0 Å². The maximum absolute atomic E-state index is 11.1. The quantitative estimate of drug-likeness (QED) is 0.735. The monoisotopic (exact) mass is 199 g/mol. The summed E-state index contributed by atoms with van der Waals surface area (Å²) in [5.74, 6) is 0.0792. The largest absolute Gasteiger partial charge is 0.481 e. The molecule has 0 radical (unpaired) electrons. The van der Waals surface area contributed by atoms with E-state index in [-0.39, 0.29) is 12.0 Å². The Hall–Kier alpha value is -0.570. The maximum atomic E-state index is 11.1. The van der Waals surface area contributed by atoms with Crippen molar-refractivity contribution in [3.05, 3.63) is 0 Å². The van der Waals surface area contributed by atoms with Crippen LogP contribution in [0, 0.1) is 17.8 Å². The summed E-state index contributed by atoms with van der Waals surface area (Å²) < 4.78 is 0. The Balaban J connectivity index is 2.80. The van der Waals surface area contributed by atoms with Crippen molar-refractivity contribution in [1.29, 1.82) is 0 Å². The fourth-order valence-corrected chi connectivity index (χ4v) is 2.79. The van der Waals surface area contributed by atoms with Crippen molar-refractivity contribution in [1.82, 2.24) is 4.90 Å². The Labute approximate surface area is 86.1 Å². The Bertz CT molecular complexity index is 215. The smallest absolute Gasteiger partial charge is 0.308 e. The van der Waals surface area contributed by atoms with Crippen molar-refractivity contribution < 1.29 is 9.90 Å². The van der Waals surface area contributed by atoms with Crippen LogP contribution in [-0.4, -0.2) is 35.6 Å². The van der Waals surface area contributed by atoms with Gasteiger partial charge in [-0.1, -0.05) is 20.8 Å². The van der Waals surface area contributed by atoms with Crippen LogP contribution in [0.25, 0.3) is 0 Å². The molecule has 1 heterocycles. The number of hydrogen-bond acceptors (Lipinski definition) is 2. The highest BCUT2D eigenvalue weighted by Crippen LogP contribution is 2.30. The second kappa shape index (κ2) is 4.30. The van der Waals surface area contributed by atoms with Crippen molar-refractivity contribution >= 4 is 5.97 Å². The first kappa shape index (κ1) is 11.5. The van der Waals surface area contributed by atoms with Crippen LogP contribution in [-0.2, 0) is 4.79 Å². The van der Waals surface area contributed by atoms with Crippen LogP contribution < -0.4 is 0 Å². The number of nitrogens with zero attached hydrogens (tertiary/aromatic N) is 1. The summed E-state index contributed by atoms with van der Waals surface area (Å²) in [5, 5.41) is 9.17. The molecule has 3 atom stereocenters. The number of piperidine rings is 1. The standard InChI is InChI=1S/C11H21NO2/c1-7(2)10-9(11(13)14)5-8(3)6-12(10)4/h7-10H,5-6H2,1-4H3,(H,13,14). The Morgan fingerprint density at radius 3 is 2.50 bits per heavy atom. The lowest BCUT2D eigenvalue weighted by Gasteiger charge is -2.42. The normalized spacial score (nSPS) is 34.8. The summed E-state index contributed by atoms with van der Waals surface area (Å²) in [6, 6.07) is 0.198. The van der Waals surface area contributed by atoms with Gasteiger partial charge in [-0.15, -0.1) is 0 Å². The molecular formula is C11H21NO2. The summed E-state index contributed by atoms with van der Waals surface area (Å²) in [4.78, 5) is 13.3. The number of carboxylic acids is 1. The number of hydrogen-bond donors (Lipinski definition) is 1. The molecule has 14 heavy (non-hydrogen) atoms. The zero-order valence-corrected chi connectivity index (χ0v) is 9.53. The average molecular weight is 199 g/mol. The second-order valence-corrected chi connectivity index (χ2v) is 4.96. The van der Waals surface area contributed by atoms with Gasteiger partial charge in [0.25, 0.3) is 0 Å². The highest BCUT2D eigenvalue weighted by Gasteiger charge is 2.38. The molecule has 0 aliphatic carbocycles. The molecule has 1 fully saturated rings. The van der Waals surface area contributed by atoms with Crippen molar-refractivity contribution in [3.63, 3.8) is 0 Å². The molecule has 0 amide bonds. The van der Waals surface area contributed by atoms with Gasteiger partial charge in [-0.2, -0.15) is 0 Å². The summed E-state index contributed by atoms with van der Waals surface area (Å²) in [5.41, 5.74) is 0. The highest BCUT2D eigenvalue weighted by molar-refractivity contribution is 5.71. The number of rotatable bonds is 2. The lowest BCUT2D eigenvalue weighted by Crippen LogP contribution is -2.51. The summed E-state index contributed by atoms with van der Waals surface area (Å²) >= 11 is 0. The van der Waals surface area contributed by atoms with Gasteiger partial charge in [0.1, 0.15) is 0 Å². The van der Waals surface area contributed by atoms with Crippen LogP contribution in [0.5, 0.6) is 0 Å². The van der Waals surface area contributed by atoms with E-state index in [4.69, 9.17) is 5.11 Å². The molecular weight excluding hydrogens is 178 g/mol. The van der Waals surface area contributed by atoms with Crippen LogP contribution in [0.4, 0.5) is 0 Å². The second-order valence-electron chi connectivity index (χ2n) is 4.96. The molecule has 3 heteroatoms. The third-order valence-electron chi connectivity index (χ3n) is 3.18. The molecule has 0 spiro atoms. The van der Waals surface area contributed by atoms with Gasteiger partial charge in [0, 0.05) is 12.6 Å². The fourth-order valence-electron chi connectivity index (χ4n) is 2.79. The molecule has 1 rings (SSSR count). The first-order valence-corrected chi connectivity index (χ1v) is 5.36. The lowest BCUT2D eigenvalue weighted by molar-refractivity contribution is -0.147. The molecule has 1 aliphatic heterocycles. The minimum atomic E-state index is -0.637. The van der Waals surface area contributed by atoms with E-state index < -0.39 is 5.97 Å². The van der Waals surface area contributed by atoms with Crippen LogP contribution >= 0.6 is 0 Å². The topological polar surface area (TPSA) is 40.5 Å². The summed E-state index contributed by atoms with van der Waals surface area (Å²) in [6.45, 7) is 7.36. The van der Waals surface area contributed by atoms with Crippen molar-refractivity contribution in [2.75, 3.05) is 13.6 Å². The van der Waals surface area contributed by atoms with E-state index in [1.807, 2.05) is 7.05 Å². The van der Waals surface area contributed by atoms with E-state index >= 15 is 0 Å². The zero-order chi connectivity index (χ0) is 10.9. The first-order valence-electron chi connectivity index (χ1n) is 5.36. The molecule has 82 valence electrons. The highest BCUT2D eigenvalue weighted by atomic mass is 16.4. The van der Waals surface area contributed by atoms with Gasteiger partial charge in [0.05, 0.1) is 5.92 Å². The SMILES string of the molecule is CC1CC(C(=O)O)C(C(C)C)N(C)C1. The summed E-state index contributed by atoms with van der Waals surface area (Å²) in [7, 11) is 2.04. The van der Waals surface area contributed by atoms with E-state index in [1.54, 1.807) is 0 Å². The third kappa shape index (κ3) is 2.27. The van der Waals surface area contributed by atoms with Crippen LogP contribution in [0.1, 0.15) is 27.2 Å². The number of aliphatic carboxylic acids is 1. The number of carbonyl (C=O) groups is 1. The molecule has 1 N–H and O–H groups in total. The Kier molecular flexibility index (Phi) is 3.53. The Morgan fingerprint density at radius 2 is 2.07 bits per heavy atom. The molecule has 1 saturated heterocycles. The van der Waals surface area contributed by atoms with Gasteiger partial charge in [-0.05, 0) is 25.3 Å². The van der Waals surface area contributed by atoms with Gasteiger partial charge in [0.15, 0.2) is 0 Å². The fraction of sp³-hybridized carbons (Fsp3) is 0.909.